The van der Waals surface area contributed by atoms with Gasteiger partial charge < -0.3 is 24.9 Å². The van der Waals surface area contributed by atoms with Crippen molar-refractivity contribution in [2.75, 3.05) is 13.2 Å². The predicted octanol–water partition coefficient (Wildman–Crippen LogP) is 3.33. The van der Waals surface area contributed by atoms with Crippen LogP contribution in [0.5, 0.6) is 5.75 Å². The Bertz CT molecular complexity index is 783. The SMILES string of the molecule is O=C(O)NC1(Cc2ncc(-c3ccc(OC(F)(F)F)cc3)[nH]2)CCOCC1. The molecule has 0 spiro atoms. The summed E-state index contributed by atoms with van der Waals surface area (Å²) in [6.07, 6.45) is -2.88. The lowest BCUT2D eigenvalue weighted by molar-refractivity contribution is -0.274. The van der Waals surface area contributed by atoms with Gasteiger partial charge in [-0.3, -0.25) is 0 Å². The van der Waals surface area contributed by atoms with Gasteiger partial charge in [-0.05, 0) is 42.7 Å². The number of amides is 1. The number of nitrogens with zero attached hydrogens (tertiary/aromatic N) is 1. The molecule has 7 nitrogen and oxygen atoms in total. The molecule has 146 valence electrons. The molecule has 0 unspecified atom stereocenters. The third-order valence-corrected chi connectivity index (χ3v) is 4.36. The molecule has 1 aromatic carbocycles. The van der Waals surface area contributed by atoms with E-state index < -0.39 is 18.0 Å². The van der Waals surface area contributed by atoms with Gasteiger partial charge in [0.05, 0.1) is 17.4 Å². The molecule has 0 atom stereocenters. The smallest absolute Gasteiger partial charge is 0.465 e. The highest BCUT2D eigenvalue weighted by Crippen LogP contribution is 2.28. The van der Waals surface area contributed by atoms with E-state index in [4.69, 9.17) is 9.84 Å². The highest BCUT2D eigenvalue weighted by molar-refractivity contribution is 5.65. The fraction of sp³-hybridized carbons (Fsp3) is 0.412. The molecule has 27 heavy (non-hydrogen) atoms. The lowest BCUT2D eigenvalue weighted by atomic mass is 9.86. The summed E-state index contributed by atoms with van der Waals surface area (Å²) in [5.74, 6) is 0.272. The summed E-state index contributed by atoms with van der Waals surface area (Å²) >= 11 is 0. The number of aromatic nitrogens is 2. The molecule has 0 saturated carbocycles. The number of nitrogens with one attached hydrogen (secondary N) is 2. The molecule has 3 rings (SSSR count). The molecule has 1 fully saturated rings. The van der Waals surface area contributed by atoms with Crippen molar-refractivity contribution >= 4 is 6.09 Å². The number of benzene rings is 1. The third kappa shape index (κ3) is 5.13. The van der Waals surface area contributed by atoms with E-state index in [0.717, 1.165) is 0 Å². The van der Waals surface area contributed by atoms with E-state index >= 15 is 0 Å². The van der Waals surface area contributed by atoms with E-state index in [1.807, 2.05) is 0 Å². The first kappa shape index (κ1) is 19.0. The summed E-state index contributed by atoms with van der Waals surface area (Å²) < 4.78 is 45.8. The van der Waals surface area contributed by atoms with Gasteiger partial charge in [-0.15, -0.1) is 13.2 Å². The Morgan fingerprint density at radius 2 is 1.96 bits per heavy atom. The normalized spacial score (nSPS) is 16.7. The van der Waals surface area contributed by atoms with E-state index in [1.54, 1.807) is 6.20 Å². The van der Waals surface area contributed by atoms with Crippen LogP contribution >= 0.6 is 0 Å². The van der Waals surface area contributed by atoms with Crippen LogP contribution in [-0.4, -0.2) is 46.3 Å². The molecule has 3 N–H and O–H groups in total. The summed E-state index contributed by atoms with van der Waals surface area (Å²) in [4.78, 5) is 18.5. The summed E-state index contributed by atoms with van der Waals surface area (Å²) in [5, 5.41) is 11.7. The fourth-order valence-electron chi connectivity index (χ4n) is 3.09. The first-order chi connectivity index (χ1) is 12.7. The lowest BCUT2D eigenvalue weighted by Crippen LogP contribution is -2.53. The zero-order chi connectivity index (χ0) is 19.5. The molecule has 2 aromatic rings. The molecule has 1 aromatic heterocycles. The molecule has 0 aliphatic carbocycles. The fourth-order valence-corrected chi connectivity index (χ4v) is 3.09. The van der Waals surface area contributed by atoms with Crippen LogP contribution in [-0.2, 0) is 11.2 Å². The van der Waals surface area contributed by atoms with E-state index in [1.165, 1.54) is 24.3 Å². The molecule has 10 heteroatoms. The number of H-pyrrole nitrogens is 1. The zero-order valence-corrected chi connectivity index (χ0v) is 14.2. The third-order valence-electron chi connectivity index (χ3n) is 4.36. The van der Waals surface area contributed by atoms with Crippen molar-refractivity contribution in [1.29, 1.82) is 0 Å². The molecule has 1 amide bonds. The Labute approximate surface area is 152 Å². The highest BCUT2D eigenvalue weighted by Gasteiger charge is 2.35. The number of alkyl halides is 3. The van der Waals surface area contributed by atoms with E-state index in [0.29, 0.717) is 49.6 Å². The Kier molecular flexibility index (Phi) is 5.26. The largest absolute Gasteiger partial charge is 0.573 e. The van der Waals surface area contributed by atoms with Crippen LogP contribution in [0, 0.1) is 0 Å². The number of hydrogen-bond acceptors (Lipinski definition) is 4. The van der Waals surface area contributed by atoms with Gasteiger partial charge in [0.15, 0.2) is 0 Å². The van der Waals surface area contributed by atoms with Crippen molar-refractivity contribution in [2.24, 2.45) is 0 Å². The van der Waals surface area contributed by atoms with Crippen LogP contribution in [0.25, 0.3) is 11.3 Å². The van der Waals surface area contributed by atoms with Gasteiger partial charge in [0.1, 0.15) is 11.6 Å². The van der Waals surface area contributed by atoms with E-state index in [-0.39, 0.29) is 5.75 Å². The van der Waals surface area contributed by atoms with Crippen LogP contribution in [0.1, 0.15) is 18.7 Å². The van der Waals surface area contributed by atoms with Crippen molar-refractivity contribution in [2.45, 2.75) is 31.2 Å². The summed E-state index contributed by atoms with van der Waals surface area (Å²) in [6.45, 7) is 0.906. The molecule has 1 aliphatic rings. The predicted molar refractivity (Wildman–Crippen MR) is 88.4 cm³/mol. The second kappa shape index (κ2) is 7.47. The number of aromatic amines is 1. The van der Waals surface area contributed by atoms with E-state index in [2.05, 4.69) is 20.0 Å². The van der Waals surface area contributed by atoms with Crippen LogP contribution < -0.4 is 10.1 Å². The minimum atomic E-state index is -4.74. The number of ether oxygens (including phenoxy) is 2. The number of imidazole rings is 1. The molecule has 0 radical (unpaired) electrons. The minimum absolute atomic E-state index is 0.308. The number of carbonyl (C=O) groups is 1. The minimum Gasteiger partial charge on any atom is -0.465 e. The Morgan fingerprint density at radius 1 is 1.30 bits per heavy atom. The second-order valence-corrected chi connectivity index (χ2v) is 6.32. The Balaban J connectivity index is 1.73. The van der Waals surface area contributed by atoms with Gasteiger partial charge >= 0.3 is 12.5 Å². The first-order valence-corrected chi connectivity index (χ1v) is 8.24. The van der Waals surface area contributed by atoms with Crippen molar-refractivity contribution < 1.29 is 32.5 Å². The Hall–Kier alpha value is -2.75. The highest BCUT2D eigenvalue weighted by atomic mass is 19.4. The number of carboxylic acid groups (broad SMARTS) is 1. The van der Waals surface area contributed by atoms with Gasteiger partial charge in [0.2, 0.25) is 0 Å². The summed E-state index contributed by atoms with van der Waals surface area (Å²) in [6, 6.07) is 5.40. The average Bonchev–Trinajstić information content (AvgIpc) is 3.02. The molecule has 1 aliphatic heterocycles. The van der Waals surface area contributed by atoms with Gasteiger partial charge in [0.25, 0.3) is 0 Å². The number of hydrogen-bond donors (Lipinski definition) is 3. The Morgan fingerprint density at radius 3 is 2.56 bits per heavy atom. The topological polar surface area (TPSA) is 96.5 Å². The van der Waals surface area contributed by atoms with Crippen LogP contribution in [0.4, 0.5) is 18.0 Å². The lowest BCUT2D eigenvalue weighted by Gasteiger charge is -2.36. The first-order valence-electron chi connectivity index (χ1n) is 8.24. The van der Waals surface area contributed by atoms with Gasteiger partial charge in [0, 0.05) is 19.6 Å². The molecular formula is C17H18F3N3O4. The monoisotopic (exact) mass is 385 g/mol. The molecular weight excluding hydrogens is 367 g/mol. The van der Waals surface area contributed by atoms with Gasteiger partial charge in [-0.1, -0.05) is 0 Å². The number of halogens is 3. The summed E-state index contributed by atoms with van der Waals surface area (Å²) in [7, 11) is 0. The summed E-state index contributed by atoms with van der Waals surface area (Å²) in [5.41, 5.74) is 0.584. The van der Waals surface area contributed by atoms with Crippen LogP contribution in [0.2, 0.25) is 0 Å². The van der Waals surface area contributed by atoms with Gasteiger partial charge in [-0.2, -0.15) is 0 Å². The van der Waals surface area contributed by atoms with Crippen molar-refractivity contribution in [3.8, 4) is 17.0 Å². The molecule has 2 heterocycles. The maximum atomic E-state index is 12.2. The average molecular weight is 385 g/mol. The van der Waals surface area contributed by atoms with Crippen molar-refractivity contribution in [3.63, 3.8) is 0 Å². The van der Waals surface area contributed by atoms with E-state index in [9.17, 15) is 18.0 Å². The van der Waals surface area contributed by atoms with Crippen molar-refractivity contribution in [1.82, 2.24) is 15.3 Å². The second-order valence-electron chi connectivity index (χ2n) is 6.32. The maximum Gasteiger partial charge on any atom is 0.573 e. The molecule has 0 bridgehead atoms. The van der Waals surface area contributed by atoms with Crippen LogP contribution in [0.3, 0.4) is 0 Å². The zero-order valence-electron chi connectivity index (χ0n) is 14.2. The van der Waals surface area contributed by atoms with Gasteiger partial charge in [-0.25, -0.2) is 9.78 Å². The van der Waals surface area contributed by atoms with Crippen LogP contribution in [0.15, 0.2) is 30.5 Å². The number of rotatable bonds is 5. The molecule has 1 saturated heterocycles. The maximum absolute atomic E-state index is 12.2. The quantitative estimate of drug-likeness (QED) is 0.734. The standard InChI is InChI=1S/C17H18F3N3O4/c18-17(19,20)27-12-3-1-11(2-4-12)13-10-21-14(22-13)9-16(23-15(24)25)5-7-26-8-6-16/h1-4,10,23H,5-9H2,(H,21,22)(H,24,25). The van der Waals surface area contributed by atoms with Crippen molar-refractivity contribution in [3.05, 3.63) is 36.3 Å².